The van der Waals surface area contributed by atoms with E-state index < -0.39 is 6.10 Å². The number of ether oxygens (including phenoxy) is 3. The van der Waals surface area contributed by atoms with Gasteiger partial charge in [0.15, 0.2) is 17.6 Å². The molecule has 1 heterocycles. The second-order valence-electron chi connectivity index (χ2n) is 6.51. The van der Waals surface area contributed by atoms with Gasteiger partial charge in [-0.25, -0.2) is 0 Å². The van der Waals surface area contributed by atoms with Gasteiger partial charge >= 0.3 is 0 Å². The standard InChI is InChI=1S/C22H25N3O5/c1-5-25(22(26)15(2)29-17-9-7-6-8-10-17)14-20-23-21(24-30-20)16-11-12-18(27-3)19(13-16)28-4/h6-13,15H,5,14H2,1-4H3/t15-/m1/s1. The lowest BCUT2D eigenvalue weighted by molar-refractivity contribution is -0.138. The lowest BCUT2D eigenvalue weighted by Gasteiger charge is -2.23. The van der Waals surface area contributed by atoms with E-state index in [0.29, 0.717) is 35.5 Å². The van der Waals surface area contributed by atoms with Crippen LogP contribution < -0.4 is 14.2 Å². The van der Waals surface area contributed by atoms with Gasteiger partial charge in [0, 0.05) is 12.1 Å². The Morgan fingerprint density at radius 1 is 1.10 bits per heavy atom. The molecule has 1 amide bonds. The van der Waals surface area contributed by atoms with Crippen LogP contribution in [-0.4, -0.2) is 47.8 Å². The maximum absolute atomic E-state index is 12.8. The molecule has 2 aromatic carbocycles. The maximum Gasteiger partial charge on any atom is 0.263 e. The number of benzene rings is 2. The number of amides is 1. The van der Waals surface area contributed by atoms with Gasteiger partial charge in [-0.3, -0.25) is 4.79 Å². The summed E-state index contributed by atoms with van der Waals surface area (Å²) in [5, 5.41) is 4.02. The fourth-order valence-electron chi connectivity index (χ4n) is 2.93. The Balaban J connectivity index is 1.69. The summed E-state index contributed by atoms with van der Waals surface area (Å²) in [6, 6.07) is 14.6. The van der Waals surface area contributed by atoms with Crippen LogP contribution in [0.3, 0.4) is 0 Å². The van der Waals surface area contributed by atoms with Gasteiger partial charge in [-0.1, -0.05) is 23.4 Å². The van der Waals surface area contributed by atoms with Crippen molar-refractivity contribution in [2.75, 3.05) is 20.8 Å². The number of rotatable bonds is 9. The van der Waals surface area contributed by atoms with Crippen molar-refractivity contribution < 1.29 is 23.5 Å². The first kappa shape index (κ1) is 21.2. The number of carbonyl (C=O) groups is 1. The Kier molecular flexibility index (Phi) is 6.90. The average molecular weight is 411 g/mol. The molecule has 0 saturated carbocycles. The highest BCUT2D eigenvalue weighted by Gasteiger charge is 2.23. The molecule has 0 aliphatic heterocycles. The number of hydrogen-bond donors (Lipinski definition) is 0. The number of hydrogen-bond acceptors (Lipinski definition) is 7. The number of aromatic nitrogens is 2. The van der Waals surface area contributed by atoms with E-state index in [-0.39, 0.29) is 12.5 Å². The average Bonchev–Trinajstić information content (AvgIpc) is 3.25. The first-order chi connectivity index (χ1) is 14.5. The van der Waals surface area contributed by atoms with Crippen molar-refractivity contribution in [2.24, 2.45) is 0 Å². The second-order valence-corrected chi connectivity index (χ2v) is 6.51. The van der Waals surface area contributed by atoms with Crippen molar-refractivity contribution in [3.05, 3.63) is 54.4 Å². The van der Waals surface area contributed by atoms with Crippen molar-refractivity contribution in [1.82, 2.24) is 15.0 Å². The van der Waals surface area contributed by atoms with Crippen LogP contribution in [0, 0.1) is 0 Å². The lowest BCUT2D eigenvalue weighted by Crippen LogP contribution is -2.40. The van der Waals surface area contributed by atoms with Crippen LogP contribution in [0.4, 0.5) is 0 Å². The van der Waals surface area contributed by atoms with Crippen molar-refractivity contribution in [3.8, 4) is 28.6 Å². The molecule has 0 saturated heterocycles. The largest absolute Gasteiger partial charge is 0.493 e. The number of carbonyl (C=O) groups excluding carboxylic acids is 1. The quantitative estimate of drug-likeness (QED) is 0.532. The number of likely N-dealkylation sites (N-methyl/N-ethyl adjacent to an activating group) is 1. The molecule has 0 N–H and O–H groups in total. The van der Waals surface area contributed by atoms with Crippen LogP contribution in [0.1, 0.15) is 19.7 Å². The molecule has 1 aromatic heterocycles. The Morgan fingerprint density at radius 3 is 2.50 bits per heavy atom. The van der Waals surface area contributed by atoms with Crippen molar-refractivity contribution in [2.45, 2.75) is 26.5 Å². The highest BCUT2D eigenvalue weighted by atomic mass is 16.5. The van der Waals surface area contributed by atoms with E-state index in [1.165, 1.54) is 0 Å². The fraction of sp³-hybridized carbons (Fsp3) is 0.318. The molecule has 0 unspecified atom stereocenters. The molecular weight excluding hydrogens is 386 g/mol. The van der Waals surface area contributed by atoms with E-state index >= 15 is 0 Å². The molecule has 0 radical (unpaired) electrons. The van der Waals surface area contributed by atoms with Gasteiger partial charge < -0.3 is 23.6 Å². The summed E-state index contributed by atoms with van der Waals surface area (Å²) < 4.78 is 21.7. The van der Waals surface area contributed by atoms with Crippen molar-refractivity contribution in [1.29, 1.82) is 0 Å². The van der Waals surface area contributed by atoms with Gasteiger partial charge in [0.05, 0.1) is 14.2 Å². The topological polar surface area (TPSA) is 86.9 Å². The molecule has 0 spiro atoms. The molecule has 0 aliphatic carbocycles. The monoisotopic (exact) mass is 411 g/mol. The van der Waals surface area contributed by atoms with Gasteiger partial charge in [0.25, 0.3) is 5.91 Å². The van der Waals surface area contributed by atoms with Crippen LogP contribution in [0.2, 0.25) is 0 Å². The van der Waals surface area contributed by atoms with Gasteiger partial charge in [-0.15, -0.1) is 0 Å². The highest BCUT2D eigenvalue weighted by Crippen LogP contribution is 2.31. The van der Waals surface area contributed by atoms with E-state index in [1.807, 2.05) is 43.3 Å². The number of methoxy groups -OCH3 is 2. The van der Waals surface area contributed by atoms with Crippen LogP contribution in [0.15, 0.2) is 53.1 Å². The Morgan fingerprint density at radius 2 is 1.83 bits per heavy atom. The van der Waals surface area contributed by atoms with Gasteiger partial charge in [0.1, 0.15) is 12.3 Å². The minimum absolute atomic E-state index is 0.160. The summed E-state index contributed by atoms with van der Waals surface area (Å²) in [7, 11) is 3.13. The highest BCUT2D eigenvalue weighted by molar-refractivity contribution is 5.80. The predicted molar refractivity (Wildman–Crippen MR) is 110 cm³/mol. The zero-order valence-electron chi connectivity index (χ0n) is 17.5. The molecule has 3 rings (SSSR count). The minimum atomic E-state index is -0.638. The normalized spacial score (nSPS) is 11.6. The number of para-hydroxylation sites is 1. The number of nitrogens with zero attached hydrogens (tertiary/aromatic N) is 3. The Labute approximate surface area is 175 Å². The molecule has 30 heavy (non-hydrogen) atoms. The first-order valence-electron chi connectivity index (χ1n) is 9.61. The summed E-state index contributed by atoms with van der Waals surface area (Å²) in [4.78, 5) is 18.8. The molecule has 8 heteroatoms. The van der Waals surface area contributed by atoms with E-state index in [0.717, 1.165) is 5.56 Å². The Hall–Kier alpha value is -3.55. The predicted octanol–water partition coefficient (Wildman–Crippen LogP) is 3.57. The zero-order chi connectivity index (χ0) is 21.5. The summed E-state index contributed by atoms with van der Waals surface area (Å²) in [6.07, 6.45) is -0.638. The third-order valence-electron chi connectivity index (χ3n) is 4.53. The third kappa shape index (κ3) is 4.89. The summed E-state index contributed by atoms with van der Waals surface area (Å²) in [5.41, 5.74) is 0.720. The Bertz CT molecular complexity index is 974. The van der Waals surface area contributed by atoms with Crippen molar-refractivity contribution in [3.63, 3.8) is 0 Å². The van der Waals surface area contributed by atoms with Gasteiger partial charge in [-0.2, -0.15) is 4.98 Å². The summed E-state index contributed by atoms with van der Waals surface area (Å²) >= 11 is 0. The van der Waals surface area contributed by atoms with Gasteiger partial charge in [0.2, 0.25) is 11.7 Å². The lowest BCUT2D eigenvalue weighted by atomic mass is 10.2. The molecule has 1 atom stereocenters. The molecule has 0 aliphatic rings. The zero-order valence-corrected chi connectivity index (χ0v) is 17.5. The fourth-order valence-corrected chi connectivity index (χ4v) is 2.93. The molecule has 158 valence electrons. The molecule has 0 bridgehead atoms. The molecule has 8 nitrogen and oxygen atoms in total. The van der Waals surface area contributed by atoms with Crippen LogP contribution in [0.25, 0.3) is 11.4 Å². The van der Waals surface area contributed by atoms with Crippen molar-refractivity contribution >= 4 is 5.91 Å². The minimum Gasteiger partial charge on any atom is -0.493 e. The summed E-state index contributed by atoms with van der Waals surface area (Å²) in [5.74, 6) is 2.40. The molecule has 3 aromatic rings. The van der Waals surface area contributed by atoms with Crippen LogP contribution >= 0.6 is 0 Å². The smallest absolute Gasteiger partial charge is 0.263 e. The SMILES string of the molecule is CCN(Cc1nc(-c2ccc(OC)c(OC)c2)no1)C(=O)[C@@H](C)Oc1ccccc1. The first-order valence-corrected chi connectivity index (χ1v) is 9.61. The van der Waals surface area contributed by atoms with Crippen LogP contribution in [-0.2, 0) is 11.3 Å². The van der Waals surface area contributed by atoms with E-state index in [4.69, 9.17) is 18.7 Å². The van der Waals surface area contributed by atoms with E-state index in [9.17, 15) is 4.79 Å². The summed E-state index contributed by atoms with van der Waals surface area (Å²) in [6.45, 7) is 4.28. The maximum atomic E-state index is 12.8. The second kappa shape index (κ2) is 9.78. The van der Waals surface area contributed by atoms with E-state index in [1.54, 1.807) is 38.2 Å². The molecular formula is C22H25N3O5. The van der Waals surface area contributed by atoms with Crippen LogP contribution in [0.5, 0.6) is 17.2 Å². The third-order valence-corrected chi connectivity index (χ3v) is 4.53. The molecule has 0 fully saturated rings. The van der Waals surface area contributed by atoms with E-state index in [2.05, 4.69) is 10.1 Å². The van der Waals surface area contributed by atoms with Gasteiger partial charge in [-0.05, 0) is 44.2 Å².